The third kappa shape index (κ3) is 2.34. The number of ether oxygens (including phenoxy) is 1. The summed E-state index contributed by atoms with van der Waals surface area (Å²) in [6, 6.07) is 5.86. The summed E-state index contributed by atoms with van der Waals surface area (Å²) < 4.78 is 7.36. The minimum absolute atomic E-state index is 0.330. The van der Waals surface area contributed by atoms with Gasteiger partial charge in [-0.3, -0.25) is 0 Å². The predicted molar refractivity (Wildman–Crippen MR) is 80.8 cm³/mol. The molecule has 112 valence electrons. The maximum atomic E-state index is 5.91. The topological polar surface area (TPSA) is 78.8 Å². The Hall–Kier alpha value is -2.11. The number of aromatic nitrogens is 4. The predicted octanol–water partition coefficient (Wildman–Crippen LogP) is 2.54. The molecule has 1 aromatic heterocycles. The van der Waals surface area contributed by atoms with Crippen LogP contribution in [0.1, 0.15) is 32.7 Å². The molecule has 1 aliphatic rings. The number of hydrogen-bond acceptors (Lipinski definition) is 5. The van der Waals surface area contributed by atoms with Crippen molar-refractivity contribution in [2.24, 2.45) is 11.8 Å². The number of tetrazole rings is 1. The van der Waals surface area contributed by atoms with E-state index < -0.39 is 0 Å². The molecule has 1 aromatic carbocycles. The van der Waals surface area contributed by atoms with Crippen molar-refractivity contribution in [3.63, 3.8) is 0 Å². The van der Waals surface area contributed by atoms with Crippen molar-refractivity contribution < 1.29 is 4.74 Å². The van der Waals surface area contributed by atoms with Crippen LogP contribution in [-0.4, -0.2) is 27.3 Å². The Bertz CT molecular complexity index is 639. The molecule has 0 aliphatic heterocycles. The molecule has 2 aromatic rings. The molecule has 1 saturated carbocycles. The van der Waals surface area contributed by atoms with Crippen molar-refractivity contribution >= 4 is 5.69 Å². The number of hydrogen-bond donors (Lipinski definition) is 1. The Balaban J connectivity index is 2.05. The monoisotopic (exact) mass is 287 g/mol. The molecule has 0 radical (unpaired) electrons. The van der Waals surface area contributed by atoms with Crippen molar-refractivity contribution in [2.45, 2.75) is 32.7 Å². The zero-order valence-electron chi connectivity index (χ0n) is 12.7. The van der Waals surface area contributed by atoms with Gasteiger partial charge in [0, 0.05) is 5.69 Å². The van der Waals surface area contributed by atoms with Crippen LogP contribution >= 0.6 is 0 Å². The van der Waals surface area contributed by atoms with E-state index in [4.69, 9.17) is 10.5 Å². The first-order valence-corrected chi connectivity index (χ1v) is 7.33. The summed E-state index contributed by atoms with van der Waals surface area (Å²) in [6.07, 6.45) is 2.31. The average molecular weight is 287 g/mol. The first-order valence-electron chi connectivity index (χ1n) is 7.33. The Morgan fingerprint density at radius 3 is 2.76 bits per heavy atom. The molecule has 21 heavy (non-hydrogen) atoms. The third-order valence-corrected chi connectivity index (χ3v) is 4.69. The number of nitrogens with two attached hydrogens (primary N) is 1. The molecule has 1 fully saturated rings. The summed E-state index contributed by atoms with van der Waals surface area (Å²) in [5.41, 5.74) is 7.42. The molecule has 1 heterocycles. The van der Waals surface area contributed by atoms with Crippen molar-refractivity contribution in [1.29, 1.82) is 0 Å². The van der Waals surface area contributed by atoms with Crippen LogP contribution in [0.2, 0.25) is 0 Å². The van der Waals surface area contributed by atoms with Crippen LogP contribution in [0.4, 0.5) is 5.69 Å². The van der Waals surface area contributed by atoms with E-state index in [1.165, 1.54) is 6.42 Å². The number of nitrogens with zero attached hydrogens (tertiary/aromatic N) is 4. The molecular formula is C15H21N5O. The lowest BCUT2D eigenvalue weighted by molar-refractivity contribution is 0.328. The van der Waals surface area contributed by atoms with Crippen LogP contribution in [0.3, 0.4) is 0 Å². The molecule has 0 bridgehead atoms. The van der Waals surface area contributed by atoms with Gasteiger partial charge in [-0.25, -0.2) is 4.68 Å². The van der Waals surface area contributed by atoms with E-state index in [0.29, 0.717) is 23.6 Å². The number of rotatable bonds is 3. The third-order valence-electron chi connectivity index (χ3n) is 4.69. The van der Waals surface area contributed by atoms with Gasteiger partial charge < -0.3 is 10.5 Å². The van der Waals surface area contributed by atoms with Gasteiger partial charge in [0.2, 0.25) is 0 Å². The molecule has 1 aliphatic carbocycles. The fraction of sp³-hybridized carbons (Fsp3) is 0.533. The minimum Gasteiger partial charge on any atom is -0.496 e. The number of methoxy groups -OCH3 is 1. The fourth-order valence-electron chi connectivity index (χ4n) is 3.18. The van der Waals surface area contributed by atoms with Crippen LogP contribution in [-0.2, 0) is 0 Å². The lowest BCUT2D eigenvalue weighted by atomic mass is 9.97. The summed E-state index contributed by atoms with van der Waals surface area (Å²) in [6.45, 7) is 4.56. The second-order valence-electron chi connectivity index (χ2n) is 5.89. The van der Waals surface area contributed by atoms with Crippen molar-refractivity contribution in [2.75, 3.05) is 12.8 Å². The van der Waals surface area contributed by atoms with Crippen LogP contribution in [0, 0.1) is 11.8 Å². The summed E-state index contributed by atoms with van der Waals surface area (Å²) in [7, 11) is 1.64. The van der Waals surface area contributed by atoms with Gasteiger partial charge in [-0.05, 0) is 53.3 Å². The second-order valence-corrected chi connectivity index (χ2v) is 5.89. The molecular weight excluding hydrogens is 266 g/mol. The maximum Gasteiger partial charge on any atom is 0.186 e. The zero-order valence-corrected chi connectivity index (χ0v) is 12.7. The summed E-state index contributed by atoms with van der Waals surface area (Å²) >= 11 is 0. The van der Waals surface area contributed by atoms with Crippen molar-refractivity contribution in [1.82, 2.24) is 20.2 Å². The normalized spacial score (nSPS) is 25.2. The summed E-state index contributed by atoms with van der Waals surface area (Å²) in [5, 5.41) is 12.3. The van der Waals surface area contributed by atoms with Crippen LogP contribution < -0.4 is 10.5 Å². The quantitative estimate of drug-likeness (QED) is 0.878. The second kappa shape index (κ2) is 5.35. The summed E-state index contributed by atoms with van der Waals surface area (Å²) in [5.74, 6) is 2.71. The van der Waals surface area contributed by atoms with Gasteiger partial charge in [-0.15, -0.1) is 5.10 Å². The van der Waals surface area contributed by atoms with Crippen LogP contribution in [0.25, 0.3) is 11.4 Å². The molecule has 0 saturated heterocycles. The molecule has 0 spiro atoms. The van der Waals surface area contributed by atoms with Gasteiger partial charge in [-0.2, -0.15) is 0 Å². The SMILES string of the molecule is COc1ccc(N)cc1-c1nnnn1C1CCC(C)C1C. The molecule has 3 rings (SSSR count). The highest BCUT2D eigenvalue weighted by Gasteiger charge is 2.34. The minimum atomic E-state index is 0.330. The molecule has 0 amide bonds. The molecule has 6 nitrogen and oxygen atoms in total. The highest BCUT2D eigenvalue weighted by atomic mass is 16.5. The van der Waals surface area contributed by atoms with Crippen molar-refractivity contribution in [3.8, 4) is 17.1 Å². The van der Waals surface area contributed by atoms with Crippen LogP contribution in [0.15, 0.2) is 18.2 Å². The molecule has 3 atom stereocenters. The number of anilines is 1. The Morgan fingerprint density at radius 2 is 2.10 bits per heavy atom. The summed E-state index contributed by atoms with van der Waals surface area (Å²) in [4.78, 5) is 0. The van der Waals surface area contributed by atoms with Crippen LogP contribution in [0.5, 0.6) is 5.75 Å². The average Bonchev–Trinajstić information content (AvgIpc) is 3.07. The number of benzene rings is 1. The largest absolute Gasteiger partial charge is 0.496 e. The van der Waals surface area contributed by atoms with E-state index >= 15 is 0 Å². The lowest BCUT2D eigenvalue weighted by Crippen LogP contribution is -2.17. The number of nitrogen functional groups attached to an aromatic ring is 1. The highest BCUT2D eigenvalue weighted by molar-refractivity contribution is 5.68. The first-order chi connectivity index (χ1) is 10.1. The van der Waals surface area contributed by atoms with E-state index in [-0.39, 0.29) is 0 Å². The van der Waals surface area contributed by atoms with Gasteiger partial charge in [0.15, 0.2) is 5.82 Å². The van der Waals surface area contributed by atoms with Gasteiger partial charge >= 0.3 is 0 Å². The smallest absolute Gasteiger partial charge is 0.186 e. The van der Waals surface area contributed by atoms with E-state index in [1.807, 2.05) is 22.9 Å². The molecule has 2 N–H and O–H groups in total. The van der Waals surface area contributed by atoms with Crippen molar-refractivity contribution in [3.05, 3.63) is 18.2 Å². The van der Waals surface area contributed by atoms with Gasteiger partial charge in [-0.1, -0.05) is 13.8 Å². The van der Waals surface area contributed by atoms with E-state index in [0.717, 1.165) is 23.6 Å². The Morgan fingerprint density at radius 1 is 1.29 bits per heavy atom. The zero-order chi connectivity index (χ0) is 15.0. The Labute approximate surface area is 124 Å². The lowest BCUT2D eigenvalue weighted by Gasteiger charge is -2.19. The standard InChI is InChI=1S/C15H21N5O/c1-9-4-6-13(10(9)2)20-15(17-18-19-20)12-8-11(16)5-7-14(12)21-3/h5,7-10,13H,4,6,16H2,1-3H3. The van der Waals surface area contributed by atoms with Gasteiger partial charge in [0.25, 0.3) is 0 Å². The van der Waals surface area contributed by atoms with Gasteiger partial charge in [0.1, 0.15) is 5.75 Å². The maximum absolute atomic E-state index is 5.91. The highest BCUT2D eigenvalue weighted by Crippen LogP contribution is 2.41. The Kier molecular flexibility index (Phi) is 3.53. The van der Waals surface area contributed by atoms with E-state index in [2.05, 4.69) is 29.4 Å². The molecule has 3 unspecified atom stereocenters. The van der Waals surface area contributed by atoms with E-state index in [1.54, 1.807) is 7.11 Å². The van der Waals surface area contributed by atoms with E-state index in [9.17, 15) is 0 Å². The molecule has 6 heteroatoms. The fourth-order valence-corrected chi connectivity index (χ4v) is 3.18. The van der Waals surface area contributed by atoms with Gasteiger partial charge in [0.05, 0.1) is 18.7 Å². The first kappa shape index (κ1) is 13.9.